The van der Waals surface area contributed by atoms with Crippen LogP contribution in [-0.4, -0.2) is 39.8 Å². The Labute approximate surface area is 161 Å². The first-order valence-electron chi connectivity index (χ1n) is 9.07. The van der Waals surface area contributed by atoms with Crippen LogP contribution in [-0.2, 0) is 21.2 Å². The van der Waals surface area contributed by atoms with E-state index >= 15 is 0 Å². The Balaban J connectivity index is 1.82. The standard InChI is InChI=1S/C20H26N2O4S/c1-14(2)16-4-5-19(25-3)20(11-16)27(23,24)22-18-13-26-12-17(18)10-15-6-8-21-9-7-15/h4-9,11,14,17-18,22H,10,12-13H2,1-3H3/t17-,18-/m1/s1. The molecule has 7 heteroatoms. The summed E-state index contributed by atoms with van der Waals surface area (Å²) in [4.78, 5) is 4.19. The lowest BCUT2D eigenvalue weighted by Gasteiger charge is -2.20. The topological polar surface area (TPSA) is 77.5 Å². The molecule has 1 saturated heterocycles. The van der Waals surface area contributed by atoms with Gasteiger partial charge in [0, 0.05) is 18.3 Å². The maximum absolute atomic E-state index is 13.1. The van der Waals surface area contributed by atoms with Gasteiger partial charge in [-0.25, -0.2) is 13.1 Å². The molecule has 0 amide bonds. The van der Waals surface area contributed by atoms with E-state index in [4.69, 9.17) is 9.47 Å². The largest absolute Gasteiger partial charge is 0.495 e. The van der Waals surface area contributed by atoms with Gasteiger partial charge in [0.25, 0.3) is 0 Å². The van der Waals surface area contributed by atoms with Crippen molar-refractivity contribution in [3.8, 4) is 5.75 Å². The van der Waals surface area contributed by atoms with Crippen LogP contribution in [0, 0.1) is 5.92 Å². The Kier molecular flexibility index (Phi) is 6.14. The first-order chi connectivity index (χ1) is 12.9. The normalized spacial score (nSPS) is 20.1. The van der Waals surface area contributed by atoms with Gasteiger partial charge in [-0.3, -0.25) is 4.98 Å². The number of sulfonamides is 1. The molecular formula is C20H26N2O4S. The third kappa shape index (κ3) is 4.66. The Morgan fingerprint density at radius 1 is 1.22 bits per heavy atom. The van der Waals surface area contributed by atoms with Gasteiger partial charge in [-0.1, -0.05) is 19.9 Å². The van der Waals surface area contributed by atoms with Crippen LogP contribution in [0.3, 0.4) is 0 Å². The first kappa shape index (κ1) is 19.8. The van der Waals surface area contributed by atoms with Crippen LogP contribution in [0.5, 0.6) is 5.75 Å². The number of methoxy groups -OCH3 is 1. The minimum atomic E-state index is -3.74. The number of nitrogens with one attached hydrogen (secondary N) is 1. The van der Waals surface area contributed by atoms with E-state index in [-0.39, 0.29) is 22.8 Å². The van der Waals surface area contributed by atoms with E-state index in [2.05, 4.69) is 9.71 Å². The monoisotopic (exact) mass is 390 g/mol. The van der Waals surface area contributed by atoms with Crippen molar-refractivity contribution in [3.63, 3.8) is 0 Å². The van der Waals surface area contributed by atoms with E-state index in [1.807, 2.05) is 32.0 Å². The number of aromatic nitrogens is 1. The van der Waals surface area contributed by atoms with Gasteiger partial charge in [0.2, 0.25) is 10.0 Å². The van der Waals surface area contributed by atoms with Crippen LogP contribution in [0.1, 0.15) is 30.9 Å². The molecule has 0 spiro atoms. The van der Waals surface area contributed by atoms with Crippen LogP contribution >= 0.6 is 0 Å². The van der Waals surface area contributed by atoms with Crippen molar-refractivity contribution in [2.45, 2.75) is 37.1 Å². The molecule has 3 rings (SSSR count). The summed E-state index contributed by atoms with van der Waals surface area (Å²) in [7, 11) is -2.25. The number of hydrogen-bond acceptors (Lipinski definition) is 5. The number of rotatable bonds is 7. The molecule has 6 nitrogen and oxygen atoms in total. The summed E-state index contributed by atoms with van der Waals surface area (Å²) in [5.41, 5.74) is 2.07. The molecule has 0 radical (unpaired) electrons. The van der Waals surface area contributed by atoms with Gasteiger partial charge < -0.3 is 9.47 Å². The zero-order valence-electron chi connectivity index (χ0n) is 15.9. The Morgan fingerprint density at radius 3 is 2.63 bits per heavy atom. The maximum atomic E-state index is 13.1. The molecule has 0 aliphatic carbocycles. The van der Waals surface area contributed by atoms with Gasteiger partial charge in [-0.2, -0.15) is 0 Å². The second-order valence-corrected chi connectivity index (χ2v) is 8.83. The molecule has 1 aliphatic rings. The molecule has 1 aromatic carbocycles. The van der Waals surface area contributed by atoms with E-state index in [9.17, 15) is 8.42 Å². The summed E-state index contributed by atoms with van der Waals surface area (Å²) < 4.78 is 39.9. The van der Waals surface area contributed by atoms with Crippen molar-refractivity contribution < 1.29 is 17.9 Å². The first-order valence-corrected chi connectivity index (χ1v) is 10.6. The van der Waals surface area contributed by atoms with Gasteiger partial charge in [-0.15, -0.1) is 0 Å². The van der Waals surface area contributed by atoms with Crippen molar-refractivity contribution in [2.75, 3.05) is 20.3 Å². The SMILES string of the molecule is COc1ccc(C(C)C)cc1S(=O)(=O)N[C@@H]1COC[C@H]1Cc1ccncc1. The molecule has 0 bridgehead atoms. The summed E-state index contributed by atoms with van der Waals surface area (Å²) in [6.45, 7) is 4.95. The van der Waals surface area contributed by atoms with E-state index in [1.54, 1.807) is 24.5 Å². The van der Waals surface area contributed by atoms with Gasteiger partial charge in [0.15, 0.2) is 0 Å². The molecule has 27 heavy (non-hydrogen) atoms. The maximum Gasteiger partial charge on any atom is 0.244 e. The van der Waals surface area contributed by atoms with Gasteiger partial charge in [0.1, 0.15) is 10.6 Å². The predicted molar refractivity (Wildman–Crippen MR) is 103 cm³/mol. The fraction of sp³-hybridized carbons (Fsp3) is 0.450. The molecular weight excluding hydrogens is 364 g/mol. The van der Waals surface area contributed by atoms with Crippen molar-refractivity contribution >= 4 is 10.0 Å². The third-order valence-corrected chi connectivity index (χ3v) is 6.41. The van der Waals surface area contributed by atoms with Crippen LogP contribution < -0.4 is 9.46 Å². The summed E-state index contributed by atoms with van der Waals surface area (Å²) in [6, 6.07) is 8.91. The van der Waals surface area contributed by atoms with Gasteiger partial charge in [0.05, 0.1) is 26.4 Å². The summed E-state index contributed by atoms with van der Waals surface area (Å²) >= 11 is 0. The van der Waals surface area contributed by atoms with Crippen LogP contribution in [0.4, 0.5) is 0 Å². The van der Waals surface area contributed by atoms with Gasteiger partial charge >= 0.3 is 0 Å². The highest BCUT2D eigenvalue weighted by molar-refractivity contribution is 7.89. The van der Waals surface area contributed by atoms with E-state index in [0.29, 0.717) is 19.0 Å². The number of ether oxygens (including phenoxy) is 2. The van der Waals surface area contributed by atoms with Crippen LogP contribution in [0.25, 0.3) is 0 Å². The summed E-state index contributed by atoms with van der Waals surface area (Å²) in [5, 5.41) is 0. The molecule has 1 N–H and O–H groups in total. The minimum Gasteiger partial charge on any atom is -0.495 e. The molecule has 0 unspecified atom stereocenters. The number of nitrogens with zero attached hydrogens (tertiary/aromatic N) is 1. The van der Waals surface area contributed by atoms with Crippen LogP contribution in [0.2, 0.25) is 0 Å². The molecule has 1 fully saturated rings. The number of pyridine rings is 1. The second kappa shape index (κ2) is 8.37. The molecule has 0 saturated carbocycles. The van der Waals surface area contributed by atoms with E-state index < -0.39 is 10.0 Å². The molecule has 1 aliphatic heterocycles. The third-order valence-electron chi connectivity index (χ3n) is 4.90. The zero-order valence-corrected chi connectivity index (χ0v) is 16.7. The number of benzene rings is 1. The zero-order chi connectivity index (χ0) is 19.4. The molecule has 2 heterocycles. The smallest absolute Gasteiger partial charge is 0.244 e. The highest BCUT2D eigenvalue weighted by Gasteiger charge is 2.33. The highest BCUT2D eigenvalue weighted by atomic mass is 32.2. The molecule has 2 aromatic rings. The van der Waals surface area contributed by atoms with Crippen molar-refractivity contribution in [1.29, 1.82) is 0 Å². The lowest BCUT2D eigenvalue weighted by Crippen LogP contribution is -2.40. The lowest BCUT2D eigenvalue weighted by atomic mass is 9.96. The highest BCUT2D eigenvalue weighted by Crippen LogP contribution is 2.29. The van der Waals surface area contributed by atoms with E-state index in [0.717, 1.165) is 17.5 Å². The quantitative estimate of drug-likeness (QED) is 0.787. The lowest BCUT2D eigenvalue weighted by molar-refractivity contribution is 0.183. The van der Waals surface area contributed by atoms with Crippen molar-refractivity contribution in [1.82, 2.24) is 9.71 Å². The minimum absolute atomic E-state index is 0.0708. The summed E-state index contributed by atoms with van der Waals surface area (Å²) in [6.07, 6.45) is 4.22. The fourth-order valence-corrected chi connectivity index (χ4v) is 4.77. The van der Waals surface area contributed by atoms with Crippen LogP contribution in [0.15, 0.2) is 47.6 Å². The van der Waals surface area contributed by atoms with E-state index in [1.165, 1.54) is 7.11 Å². The molecule has 146 valence electrons. The fourth-order valence-electron chi connectivity index (χ4n) is 3.28. The average molecular weight is 391 g/mol. The molecule has 2 atom stereocenters. The second-order valence-electron chi connectivity index (χ2n) is 7.15. The predicted octanol–water partition coefficient (Wildman–Crippen LogP) is 2.75. The summed E-state index contributed by atoms with van der Waals surface area (Å²) in [5.74, 6) is 0.636. The molecule has 1 aromatic heterocycles. The Bertz CT molecular complexity index is 869. The Hall–Kier alpha value is -1.96. The van der Waals surface area contributed by atoms with Gasteiger partial charge in [-0.05, 0) is 47.7 Å². The Morgan fingerprint density at radius 2 is 1.96 bits per heavy atom. The van der Waals surface area contributed by atoms with Crippen molar-refractivity contribution in [2.24, 2.45) is 5.92 Å². The number of hydrogen-bond donors (Lipinski definition) is 1. The van der Waals surface area contributed by atoms with Crippen molar-refractivity contribution in [3.05, 3.63) is 53.9 Å². The average Bonchev–Trinajstić information content (AvgIpc) is 3.07.